The zero-order valence-corrected chi connectivity index (χ0v) is 15.7. The normalized spacial score (nSPS) is 17.6. The molecule has 0 spiro atoms. The van der Waals surface area contributed by atoms with Crippen molar-refractivity contribution in [3.63, 3.8) is 0 Å². The Labute approximate surface area is 153 Å². The molecular formula is C20H21FN2O2S. The number of halogens is 1. The lowest BCUT2D eigenvalue weighted by molar-refractivity contribution is 0.276. The highest BCUT2D eigenvalue weighted by Gasteiger charge is 2.40. The van der Waals surface area contributed by atoms with Gasteiger partial charge in [0.25, 0.3) is 0 Å². The summed E-state index contributed by atoms with van der Waals surface area (Å²) in [6.07, 6.45) is 0.780. The van der Waals surface area contributed by atoms with E-state index in [4.69, 9.17) is 0 Å². The summed E-state index contributed by atoms with van der Waals surface area (Å²) in [4.78, 5) is 0.269. The van der Waals surface area contributed by atoms with E-state index < -0.39 is 15.4 Å². The van der Waals surface area contributed by atoms with Crippen molar-refractivity contribution >= 4 is 10.0 Å². The second-order valence-electron chi connectivity index (χ2n) is 6.87. The molecule has 0 N–H and O–H groups in total. The molecule has 0 radical (unpaired) electrons. The number of sulfonamides is 1. The summed E-state index contributed by atoms with van der Waals surface area (Å²) in [6, 6.07) is 13.6. The molecule has 0 bridgehead atoms. The van der Waals surface area contributed by atoms with E-state index >= 15 is 0 Å². The van der Waals surface area contributed by atoms with Crippen molar-refractivity contribution in [1.82, 2.24) is 4.31 Å². The molecule has 0 atom stereocenters. The van der Waals surface area contributed by atoms with E-state index in [0.29, 0.717) is 12.8 Å². The number of piperidine rings is 1. The molecule has 0 amide bonds. The van der Waals surface area contributed by atoms with Gasteiger partial charge in [0.15, 0.2) is 0 Å². The number of hydrogen-bond acceptors (Lipinski definition) is 3. The highest BCUT2D eigenvalue weighted by Crippen LogP contribution is 2.38. The van der Waals surface area contributed by atoms with Crippen LogP contribution < -0.4 is 0 Å². The van der Waals surface area contributed by atoms with E-state index in [1.165, 1.54) is 16.4 Å². The lowest BCUT2D eigenvalue weighted by atomic mass is 9.73. The van der Waals surface area contributed by atoms with Gasteiger partial charge in [0.2, 0.25) is 10.0 Å². The van der Waals surface area contributed by atoms with E-state index in [2.05, 4.69) is 6.07 Å². The average molecular weight is 372 g/mol. The summed E-state index contributed by atoms with van der Waals surface area (Å²) in [7, 11) is -3.57. The Morgan fingerprint density at radius 2 is 1.69 bits per heavy atom. The zero-order valence-electron chi connectivity index (χ0n) is 14.9. The summed E-state index contributed by atoms with van der Waals surface area (Å²) in [5.74, 6) is -0.335. The fraction of sp³-hybridized carbons (Fsp3) is 0.350. The molecule has 1 heterocycles. The van der Waals surface area contributed by atoms with Crippen molar-refractivity contribution in [2.75, 3.05) is 13.1 Å². The Kier molecular flexibility index (Phi) is 4.87. The van der Waals surface area contributed by atoms with Crippen LogP contribution in [-0.2, 0) is 15.4 Å². The molecule has 2 aromatic carbocycles. The third-order valence-electron chi connectivity index (χ3n) is 5.15. The first-order chi connectivity index (χ1) is 12.3. The molecule has 1 aliphatic rings. The minimum absolute atomic E-state index is 0.264. The maximum atomic E-state index is 13.4. The van der Waals surface area contributed by atoms with Gasteiger partial charge in [0.1, 0.15) is 5.82 Å². The van der Waals surface area contributed by atoms with Gasteiger partial charge in [0.05, 0.1) is 16.4 Å². The molecule has 4 nitrogen and oxygen atoms in total. The van der Waals surface area contributed by atoms with E-state index in [-0.39, 0.29) is 23.8 Å². The molecule has 2 aromatic rings. The van der Waals surface area contributed by atoms with Crippen molar-refractivity contribution in [1.29, 1.82) is 5.26 Å². The van der Waals surface area contributed by atoms with Crippen LogP contribution in [0.25, 0.3) is 0 Å². The summed E-state index contributed by atoms with van der Waals surface area (Å²) >= 11 is 0. The van der Waals surface area contributed by atoms with Crippen LogP contribution in [0.5, 0.6) is 0 Å². The zero-order chi connectivity index (χ0) is 18.9. The maximum Gasteiger partial charge on any atom is 0.243 e. The van der Waals surface area contributed by atoms with Crippen LogP contribution in [-0.4, -0.2) is 25.8 Å². The third-order valence-corrected chi connectivity index (χ3v) is 7.07. The third kappa shape index (κ3) is 3.25. The Hall–Kier alpha value is -2.23. The van der Waals surface area contributed by atoms with Crippen LogP contribution in [0.15, 0.2) is 47.4 Å². The standard InChI is InChI=1S/C20H21FN2O2S/c1-15-3-6-18(7-4-15)26(24,25)23-11-9-20(14-22,10-12-23)19-8-5-17(21)13-16(19)2/h3-8,13H,9-12H2,1-2H3. The Morgan fingerprint density at radius 3 is 2.23 bits per heavy atom. The van der Waals surface area contributed by atoms with Gasteiger partial charge in [-0.3, -0.25) is 0 Å². The molecule has 1 aliphatic heterocycles. The number of nitriles is 1. The van der Waals surface area contributed by atoms with Crippen LogP contribution in [0.2, 0.25) is 0 Å². The van der Waals surface area contributed by atoms with E-state index in [1.807, 2.05) is 6.92 Å². The molecular weight excluding hydrogens is 351 g/mol. The molecule has 1 fully saturated rings. The van der Waals surface area contributed by atoms with Gasteiger partial charge in [-0.25, -0.2) is 12.8 Å². The molecule has 1 saturated heterocycles. The molecule has 0 aliphatic carbocycles. The second kappa shape index (κ2) is 6.82. The molecule has 0 aromatic heterocycles. The molecule has 6 heteroatoms. The van der Waals surface area contributed by atoms with Crippen molar-refractivity contribution in [2.45, 2.75) is 37.0 Å². The summed E-state index contributed by atoms with van der Waals surface area (Å²) in [5.41, 5.74) is 1.73. The van der Waals surface area contributed by atoms with E-state index in [9.17, 15) is 18.1 Å². The number of rotatable bonds is 3. The largest absolute Gasteiger partial charge is 0.243 e. The topological polar surface area (TPSA) is 61.2 Å². The van der Waals surface area contributed by atoms with Crippen molar-refractivity contribution < 1.29 is 12.8 Å². The number of hydrogen-bond donors (Lipinski definition) is 0. The summed E-state index contributed by atoms with van der Waals surface area (Å²) in [5, 5.41) is 9.81. The minimum atomic E-state index is -3.57. The second-order valence-corrected chi connectivity index (χ2v) is 8.81. The molecule has 136 valence electrons. The van der Waals surface area contributed by atoms with Gasteiger partial charge in [-0.05, 0) is 62.1 Å². The first-order valence-electron chi connectivity index (χ1n) is 8.53. The quantitative estimate of drug-likeness (QED) is 0.826. The maximum absolute atomic E-state index is 13.4. The Balaban J connectivity index is 1.85. The van der Waals surface area contributed by atoms with Crippen LogP contribution in [0, 0.1) is 31.0 Å². The highest BCUT2D eigenvalue weighted by atomic mass is 32.2. The van der Waals surface area contributed by atoms with Crippen LogP contribution in [0.4, 0.5) is 4.39 Å². The molecule has 26 heavy (non-hydrogen) atoms. The predicted molar refractivity (Wildman–Crippen MR) is 97.6 cm³/mol. The smallest absolute Gasteiger partial charge is 0.207 e. The summed E-state index contributed by atoms with van der Waals surface area (Å²) in [6.45, 7) is 4.22. The molecule has 0 unspecified atom stereocenters. The molecule has 0 saturated carbocycles. The highest BCUT2D eigenvalue weighted by molar-refractivity contribution is 7.89. The Bertz CT molecular complexity index is 954. The van der Waals surface area contributed by atoms with Gasteiger partial charge in [0, 0.05) is 13.1 Å². The predicted octanol–water partition coefficient (Wildman–Crippen LogP) is 3.69. The van der Waals surface area contributed by atoms with E-state index in [0.717, 1.165) is 16.7 Å². The lowest BCUT2D eigenvalue weighted by Crippen LogP contribution is -2.44. The first kappa shape index (κ1) is 18.6. The first-order valence-corrected chi connectivity index (χ1v) is 9.97. The minimum Gasteiger partial charge on any atom is -0.207 e. The van der Waals surface area contributed by atoms with Gasteiger partial charge < -0.3 is 0 Å². The number of aryl methyl sites for hydroxylation is 2. The van der Waals surface area contributed by atoms with Gasteiger partial charge >= 0.3 is 0 Å². The SMILES string of the molecule is Cc1ccc(S(=O)(=O)N2CCC(C#N)(c3ccc(F)cc3C)CC2)cc1. The van der Waals surface area contributed by atoms with Crippen LogP contribution >= 0.6 is 0 Å². The average Bonchev–Trinajstić information content (AvgIpc) is 2.62. The van der Waals surface area contributed by atoms with Crippen LogP contribution in [0.1, 0.15) is 29.5 Å². The van der Waals surface area contributed by atoms with Crippen molar-refractivity contribution in [2.24, 2.45) is 0 Å². The lowest BCUT2D eigenvalue weighted by Gasteiger charge is -2.37. The molecule has 3 rings (SSSR count). The monoisotopic (exact) mass is 372 g/mol. The van der Waals surface area contributed by atoms with Gasteiger partial charge in [-0.2, -0.15) is 9.57 Å². The van der Waals surface area contributed by atoms with E-state index in [1.54, 1.807) is 37.3 Å². The van der Waals surface area contributed by atoms with Crippen molar-refractivity contribution in [3.05, 3.63) is 65.0 Å². The fourth-order valence-corrected chi connectivity index (χ4v) is 5.01. The fourth-order valence-electron chi connectivity index (χ4n) is 3.57. The Morgan fingerprint density at radius 1 is 1.08 bits per heavy atom. The van der Waals surface area contributed by atoms with Crippen LogP contribution in [0.3, 0.4) is 0 Å². The number of benzene rings is 2. The van der Waals surface area contributed by atoms with Crippen molar-refractivity contribution in [3.8, 4) is 6.07 Å². The number of nitrogens with zero attached hydrogens (tertiary/aromatic N) is 2. The summed E-state index contributed by atoms with van der Waals surface area (Å²) < 4.78 is 40.5. The van der Waals surface area contributed by atoms with Gasteiger partial charge in [-0.1, -0.05) is 23.8 Å². The van der Waals surface area contributed by atoms with Gasteiger partial charge in [-0.15, -0.1) is 0 Å².